The molecule has 1 aromatic heterocycles. The van der Waals surface area contributed by atoms with E-state index in [9.17, 15) is 19.2 Å². The Balaban J connectivity index is 1.58. The van der Waals surface area contributed by atoms with E-state index in [-0.39, 0.29) is 11.9 Å². The van der Waals surface area contributed by atoms with E-state index in [1.807, 2.05) is 37.3 Å². The van der Waals surface area contributed by atoms with Gasteiger partial charge in [0.15, 0.2) is 0 Å². The number of rotatable bonds is 10. The highest BCUT2D eigenvalue weighted by Gasteiger charge is 2.18. The lowest BCUT2D eigenvalue weighted by Crippen LogP contribution is -2.45. The Morgan fingerprint density at radius 1 is 0.821 bits per heavy atom. The molecule has 0 fully saturated rings. The molecule has 0 saturated heterocycles. The van der Waals surface area contributed by atoms with E-state index in [1.54, 1.807) is 36.4 Å². The molecular weight excluding hydrogens is 500 g/mol. The van der Waals surface area contributed by atoms with Gasteiger partial charge in [-0.1, -0.05) is 42.5 Å². The number of aromatic nitrogens is 2. The van der Waals surface area contributed by atoms with Crippen molar-refractivity contribution in [2.75, 3.05) is 26.1 Å². The number of methoxy groups -OCH3 is 2. The summed E-state index contributed by atoms with van der Waals surface area (Å²) in [6.45, 7) is 1.32. The number of benzene rings is 3. The van der Waals surface area contributed by atoms with E-state index in [2.05, 4.69) is 10.6 Å². The van der Waals surface area contributed by atoms with Gasteiger partial charge in [0, 0.05) is 12.6 Å². The van der Waals surface area contributed by atoms with Crippen molar-refractivity contribution in [3.63, 3.8) is 0 Å². The summed E-state index contributed by atoms with van der Waals surface area (Å²) >= 11 is 0. The Kier molecular flexibility index (Phi) is 8.45. The Labute approximate surface area is 224 Å². The molecule has 0 spiro atoms. The summed E-state index contributed by atoms with van der Waals surface area (Å²) in [5, 5.41) is 5.74. The van der Waals surface area contributed by atoms with Crippen LogP contribution in [0.4, 0.5) is 5.69 Å². The van der Waals surface area contributed by atoms with Gasteiger partial charge in [-0.3, -0.25) is 23.5 Å². The van der Waals surface area contributed by atoms with Gasteiger partial charge in [-0.25, -0.2) is 4.79 Å². The van der Waals surface area contributed by atoms with Gasteiger partial charge in [-0.05, 0) is 42.7 Å². The minimum Gasteiger partial charge on any atom is -0.496 e. The molecule has 0 atom stereocenters. The fourth-order valence-electron chi connectivity index (χ4n) is 4.34. The van der Waals surface area contributed by atoms with Crippen molar-refractivity contribution in [1.82, 2.24) is 14.5 Å². The van der Waals surface area contributed by atoms with Crippen LogP contribution in [0.25, 0.3) is 10.9 Å². The number of hydrogen-bond donors (Lipinski definition) is 2. The normalized spacial score (nSPS) is 10.7. The van der Waals surface area contributed by atoms with Gasteiger partial charge in [0.25, 0.3) is 5.56 Å². The predicted molar refractivity (Wildman–Crippen MR) is 149 cm³/mol. The monoisotopic (exact) mass is 530 g/mol. The number of carbonyl (C=O) groups excluding carboxylic acids is 2. The maximum absolute atomic E-state index is 13.4. The molecule has 10 nitrogen and oxygen atoms in total. The fraction of sp³-hybridized carbons (Fsp3) is 0.241. The molecule has 0 aliphatic carbocycles. The minimum atomic E-state index is -0.759. The number of carbonyl (C=O) groups is 2. The summed E-state index contributed by atoms with van der Waals surface area (Å²) in [6, 6.07) is 19.5. The van der Waals surface area contributed by atoms with Crippen molar-refractivity contribution in [2.24, 2.45) is 0 Å². The van der Waals surface area contributed by atoms with E-state index in [1.165, 1.54) is 18.8 Å². The lowest BCUT2D eigenvalue weighted by atomic mass is 10.1. The number of ether oxygens (including phenoxy) is 2. The van der Waals surface area contributed by atoms with E-state index >= 15 is 0 Å². The summed E-state index contributed by atoms with van der Waals surface area (Å²) in [4.78, 5) is 52.3. The molecule has 2 amide bonds. The first-order valence-electron chi connectivity index (χ1n) is 12.4. The quantitative estimate of drug-likeness (QED) is 0.325. The van der Waals surface area contributed by atoms with Crippen LogP contribution in [0.2, 0.25) is 0 Å². The van der Waals surface area contributed by atoms with E-state index in [4.69, 9.17) is 9.47 Å². The van der Waals surface area contributed by atoms with Crippen LogP contribution < -0.4 is 31.4 Å². The second-order valence-corrected chi connectivity index (χ2v) is 8.93. The largest absolute Gasteiger partial charge is 0.496 e. The highest BCUT2D eigenvalue weighted by Crippen LogP contribution is 2.32. The molecule has 202 valence electrons. The van der Waals surface area contributed by atoms with Crippen LogP contribution in [0.15, 0.2) is 76.3 Å². The summed E-state index contributed by atoms with van der Waals surface area (Å²) in [7, 11) is 3.01. The predicted octanol–water partition coefficient (Wildman–Crippen LogP) is 2.49. The van der Waals surface area contributed by atoms with Crippen LogP contribution in [-0.4, -0.2) is 41.7 Å². The molecule has 2 N–H and O–H groups in total. The Morgan fingerprint density at radius 3 is 2.21 bits per heavy atom. The zero-order valence-electron chi connectivity index (χ0n) is 22.0. The SMILES string of the molecule is COc1cc(OC)c(NC(=O)Cn2c(=O)n(CC(=O)NCCc3ccccc3)c(=O)c3ccccc32)cc1C. The topological polar surface area (TPSA) is 121 Å². The molecule has 1 heterocycles. The third-order valence-corrected chi connectivity index (χ3v) is 6.31. The maximum atomic E-state index is 13.4. The number of anilines is 1. The molecule has 39 heavy (non-hydrogen) atoms. The van der Waals surface area contributed by atoms with Gasteiger partial charge >= 0.3 is 5.69 Å². The van der Waals surface area contributed by atoms with Crippen LogP contribution >= 0.6 is 0 Å². The van der Waals surface area contributed by atoms with Crippen LogP contribution in [-0.2, 0) is 29.1 Å². The second kappa shape index (κ2) is 12.1. The number of hydrogen-bond acceptors (Lipinski definition) is 6. The third kappa shape index (κ3) is 6.18. The molecule has 0 radical (unpaired) electrons. The molecule has 3 aromatic carbocycles. The van der Waals surface area contributed by atoms with E-state index < -0.39 is 29.6 Å². The molecule has 0 bridgehead atoms. The van der Waals surface area contributed by atoms with Crippen molar-refractivity contribution in [3.05, 3.63) is 98.7 Å². The summed E-state index contributed by atoms with van der Waals surface area (Å²) in [5.74, 6) is -0.00109. The molecule has 4 aromatic rings. The van der Waals surface area contributed by atoms with Crippen molar-refractivity contribution in [2.45, 2.75) is 26.4 Å². The first-order valence-corrected chi connectivity index (χ1v) is 12.4. The maximum Gasteiger partial charge on any atom is 0.332 e. The standard InChI is InChI=1S/C29H30N4O6/c1-19-15-22(25(39-3)16-24(19)38-2)31-27(35)18-32-23-12-8-7-11-21(23)28(36)33(29(32)37)17-26(34)30-14-13-20-9-5-4-6-10-20/h4-12,15-16H,13-14,17-18H2,1-3H3,(H,30,34)(H,31,35). The van der Waals surface area contributed by atoms with E-state index in [0.717, 1.165) is 15.7 Å². The number of para-hydroxylation sites is 1. The zero-order valence-corrected chi connectivity index (χ0v) is 22.0. The van der Waals surface area contributed by atoms with Crippen molar-refractivity contribution in [1.29, 1.82) is 0 Å². The summed E-state index contributed by atoms with van der Waals surface area (Å²) in [5.41, 5.74) is 1.18. The zero-order chi connectivity index (χ0) is 27.9. The number of aryl methyl sites for hydroxylation is 1. The number of nitrogens with zero attached hydrogens (tertiary/aromatic N) is 2. The van der Waals surface area contributed by atoms with Gasteiger partial charge in [0.2, 0.25) is 11.8 Å². The number of nitrogens with one attached hydrogen (secondary N) is 2. The first kappa shape index (κ1) is 27.2. The minimum absolute atomic E-state index is 0.222. The fourth-order valence-corrected chi connectivity index (χ4v) is 4.34. The van der Waals surface area contributed by atoms with E-state index in [0.29, 0.717) is 35.7 Å². The molecule has 0 saturated carbocycles. The second-order valence-electron chi connectivity index (χ2n) is 8.93. The first-order chi connectivity index (χ1) is 18.8. The van der Waals surface area contributed by atoms with Gasteiger partial charge in [-0.2, -0.15) is 0 Å². The van der Waals surface area contributed by atoms with Gasteiger partial charge in [0.05, 0.1) is 30.8 Å². The van der Waals surface area contributed by atoms with Crippen LogP contribution in [0.3, 0.4) is 0 Å². The molecule has 0 aliphatic rings. The van der Waals surface area contributed by atoms with Crippen molar-refractivity contribution < 1.29 is 19.1 Å². The summed E-state index contributed by atoms with van der Waals surface area (Å²) in [6.07, 6.45) is 0.609. The molecule has 0 aliphatic heterocycles. The van der Waals surface area contributed by atoms with Gasteiger partial charge in [0.1, 0.15) is 24.6 Å². The average molecular weight is 531 g/mol. The number of amides is 2. The van der Waals surface area contributed by atoms with Gasteiger partial charge < -0.3 is 20.1 Å². The molecular formula is C29H30N4O6. The number of fused-ring (bicyclic) bond motifs is 1. The lowest BCUT2D eigenvalue weighted by molar-refractivity contribution is -0.121. The highest BCUT2D eigenvalue weighted by molar-refractivity contribution is 5.93. The average Bonchev–Trinajstić information content (AvgIpc) is 2.94. The van der Waals surface area contributed by atoms with Crippen molar-refractivity contribution in [3.8, 4) is 11.5 Å². The molecule has 4 rings (SSSR count). The van der Waals surface area contributed by atoms with Crippen LogP contribution in [0, 0.1) is 6.92 Å². The Hall–Kier alpha value is -4.86. The summed E-state index contributed by atoms with van der Waals surface area (Å²) < 4.78 is 12.7. The Morgan fingerprint density at radius 2 is 1.49 bits per heavy atom. The third-order valence-electron chi connectivity index (χ3n) is 6.31. The smallest absolute Gasteiger partial charge is 0.332 e. The van der Waals surface area contributed by atoms with Crippen molar-refractivity contribution >= 4 is 28.4 Å². The van der Waals surface area contributed by atoms with Crippen LogP contribution in [0.1, 0.15) is 11.1 Å². The lowest BCUT2D eigenvalue weighted by Gasteiger charge is -2.16. The molecule has 0 unspecified atom stereocenters. The van der Waals surface area contributed by atoms with Gasteiger partial charge in [-0.15, -0.1) is 0 Å². The molecule has 10 heteroatoms. The van der Waals surface area contributed by atoms with Crippen LogP contribution in [0.5, 0.6) is 11.5 Å². The Bertz CT molecular complexity index is 1630. The highest BCUT2D eigenvalue weighted by atomic mass is 16.5.